The fourth-order valence-corrected chi connectivity index (χ4v) is 3.90. The highest BCUT2D eigenvalue weighted by molar-refractivity contribution is 7.89. The summed E-state index contributed by atoms with van der Waals surface area (Å²) in [7, 11) is -1.96. The molecule has 1 fully saturated rings. The standard InChI is InChI=1S/C15H23N3O4S/c1-3-16-15(19)12-17-8-10-18(11-9-17)23(20,21)14-6-4-13(22-2)5-7-14/h4-7H,3,8-12H2,1-2H3,(H,16,19). The lowest BCUT2D eigenvalue weighted by molar-refractivity contribution is -0.122. The second kappa shape index (κ2) is 7.76. The van der Waals surface area contributed by atoms with Gasteiger partial charge in [-0.3, -0.25) is 9.69 Å². The van der Waals surface area contributed by atoms with E-state index in [1.165, 1.54) is 11.4 Å². The topological polar surface area (TPSA) is 79.0 Å². The van der Waals surface area contributed by atoms with Gasteiger partial charge in [-0.2, -0.15) is 4.31 Å². The minimum Gasteiger partial charge on any atom is -0.497 e. The van der Waals surface area contributed by atoms with E-state index in [1.807, 2.05) is 11.8 Å². The van der Waals surface area contributed by atoms with Crippen molar-refractivity contribution in [3.63, 3.8) is 0 Å². The molecule has 1 N–H and O–H groups in total. The number of piperazine rings is 1. The quantitative estimate of drug-likeness (QED) is 0.796. The Kier molecular flexibility index (Phi) is 5.97. The normalized spacial score (nSPS) is 17.0. The first-order valence-corrected chi connectivity index (χ1v) is 9.04. The first-order valence-electron chi connectivity index (χ1n) is 7.60. The molecule has 0 aromatic heterocycles. The van der Waals surface area contributed by atoms with Crippen LogP contribution in [0.15, 0.2) is 29.2 Å². The van der Waals surface area contributed by atoms with Crippen LogP contribution in [0.3, 0.4) is 0 Å². The number of rotatable bonds is 6. The minimum absolute atomic E-state index is 0.0287. The molecule has 128 valence electrons. The van der Waals surface area contributed by atoms with E-state index in [-0.39, 0.29) is 10.8 Å². The number of hydrogen-bond donors (Lipinski definition) is 1. The highest BCUT2D eigenvalue weighted by Gasteiger charge is 2.28. The molecule has 0 spiro atoms. The van der Waals surface area contributed by atoms with Crippen molar-refractivity contribution in [1.82, 2.24) is 14.5 Å². The van der Waals surface area contributed by atoms with Crippen LogP contribution in [0.25, 0.3) is 0 Å². The van der Waals surface area contributed by atoms with Gasteiger partial charge in [0.1, 0.15) is 5.75 Å². The summed E-state index contributed by atoms with van der Waals surface area (Å²) < 4.78 is 31.7. The Bertz CT molecular complexity index is 623. The number of hydrogen-bond acceptors (Lipinski definition) is 5. The van der Waals surface area contributed by atoms with E-state index in [0.29, 0.717) is 45.0 Å². The third-order valence-corrected chi connectivity index (χ3v) is 5.68. The number of sulfonamides is 1. The molecule has 0 saturated carbocycles. The third kappa shape index (κ3) is 4.43. The van der Waals surface area contributed by atoms with E-state index in [2.05, 4.69) is 5.32 Å². The number of ether oxygens (including phenoxy) is 1. The van der Waals surface area contributed by atoms with Crippen molar-refractivity contribution in [2.24, 2.45) is 0 Å². The summed E-state index contributed by atoms with van der Waals surface area (Å²) >= 11 is 0. The summed E-state index contributed by atoms with van der Waals surface area (Å²) in [5.74, 6) is 0.592. The van der Waals surface area contributed by atoms with Gasteiger partial charge in [0, 0.05) is 32.7 Å². The molecule has 1 aliphatic heterocycles. The molecule has 0 radical (unpaired) electrons. The Morgan fingerprint density at radius 3 is 2.30 bits per heavy atom. The van der Waals surface area contributed by atoms with Crippen LogP contribution >= 0.6 is 0 Å². The van der Waals surface area contributed by atoms with Crippen molar-refractivity contribution in [3.8, 4) is 5.75 Å². The highest BCUT2D eigenvalue weighted by Crippen LogP contribution is 2.20. The van der Waals surface area contributed by atoms with Crippen LogP contribution < -0.4 is 10.1 Å². The lowest BCUT2D eigenvalue weighted by Crippen LogP contribution is -2.51. The number of amides is 1. The first kappa shape index (κ1) is 17.7. The fourth-order valence-electron chi connectivity index (χ4n) is 2.48. The number of nitrogens with one attached hydrogen (secondary N) is 1. The van der Waals surface area contributed by atoms with Crippen LogP contribution in [-0.4, -0.2) is 69.9 Å². The average Bonchev–Trinajstić information content (AvgIpc) is 2.55. The summed E-state index contributed by atoms with van der Waals surface area (Å²) in [6, 6.07) is 6.38. The maximum absolute atomic E-state index is 12.6. The zero-order chi connectivity index (χ0) is 16.9. The van der Waals surface area contributed by atoms with E-state index in [9.17, 15) is 13.2 Å². The van der Waals surface area contributed by atoms with Crippen molar-refractivity contribution in [2.45, 2.75) is 11.8 Å². The van der Waals surface area contributed by atoms with Gasteiger partial charge in [-0.25, -0.2) is 8.42 Å². The Hall–Kier alpha value is -1.64. The molecule has 7 nitrogen and oxygen atoms in total. The van der Waals surface area contributed by atoms with Crippen molar-refractivity contribution < 1.29 is 17.9 Å². The number of carbonyl (C=O) groups excluding carboxylic acids is 1. The van der Waals surface area contributed by atoms with E-state index in [0.717, 1.165) is 0 Å². The molecule has 0 bridgehead atoms. The van der Waals surface area contributed by atoms with Crippen LogP contribution in [0.2, 0.25) is 0 Å². The van der Waals surface area contributed by atoms with Crippen molar-refractivity contribution >= 4 is 15.9 Å². The molecule has 1 aromatic rings. The molecule has 1 aliphatic rings. The number of nitrogens with zero attached hydrogens (tertiary/aromatic N) is 2. The number of benzene rings is 1. The molecule has 0 aliphatic carbocycles. The second-order valence-corrected chi connectivity index (χ2v) is 7.25. The van der Waals surface area contributed by atoms with Crippen LogP contribution in [0, 0.1) is 0 Å². The van der Waals surface area contributed by atoms with Crippen LogP contribution in [0.5, 0.6) is 5.75 Å². The fraction of sp³-hybridized carbons (Fsp3) is 0.533. The molecule has 1 heterocycles. The zero-order valence-corrected chi connectivity index (χ0v) is 14.3. The predicted molar refractivity (Wildman–Crippen MR) is 86.9 cm³/mol. The van der Waals surface area contributed by atoms with Crippen molar-refractivity contribution in [2.75, 3.05) is 46.4 Å². The second-order valence-electron chi connectivity index (χ2n) is 5.31. The first-order chi connectivity index (χ1) is 11.0. The van der Waals surface area contributed by atoms with E-state index in [4.69, 9.17) is 4.74 Å². The lowest BCUT2D eigenvalue weighted by atomic mass is 10.3. The number of methoxy groups -OCH3 is 1. The molecule has 0 unspecified atom stereocenters. The van der Waals surface area contributed by atoms with Gasteiger partial charge < -0.3 is 10.1 Å². The Balaban J connectivity index is 1.96. The summed E-state index contributed by atoms with van der Waals surface area (Å²) in [6.07, 6.45) is 0. The molecule has 1 aromatic carbocycles. The molecule has 2 rings (SSSR count). The molecule has 1 amide bonds. The van der Waals surface area contributed by atoms with Gasteiger partial charge in [-0.15, -0.1) is 0 Å². The largest absolute Gasteiger partial charge is 0.497 e. The van der Waals surface area contributed by atoms with Gasteiger partial charge in [-0.05, 0) is 31.2 Å². The maximum Gasteiger partial charge on any atom is 0.243 e. The molecule has 8 heteroatoms. The highest BCUT2D eigenvalue weighted by atomic mass is 32.2. The zero-order valence-electron chi connectivity index (χ0n) is 13.5. The molecule has 23 heavy (non-hydrogen) atoms. The third-order valence-electron chi connectivity index (χ3n) is 3.77. The van der Waals surface area contributed by atoms with Crippen molar-refractivity contribution in [1.29, 1.82) is 0 Å². The molecule has 1 saturated heterocycles. The smallest absolute Gasteiger partial charge is 0.243 e. The SMILES string of the molecule is CCNC(=O)CN1CCN(S(=O)(=O)c2ccc(OC)cc2)CC1. The summed E-state index contributed by atoms with van der Waals surface area (Å²) in [5, 5.41) is 2.75. The molecular weight excluding hydrogens is 318 g/mol. The van der Waals surface area contributed by atoms with Crippen LogP contribution in [0.4, 0.5) is 0 Å². The van der Waals surface area contributed by atoms with Crippen LogP contribution in [0.1, 0.15) is 6.92 Å². The predicted octanol–water partition coefficient (Wildman–Crippen LogP) is 0.138. The van der Waals surface area contributed by atoms with Gasteiger partial charge in [0.25, 0.3) is 0 Å². The van der Waals surface area contributed by atoms with Gasteiger partial charge >= 0.3 is 0 Å². The van der Waals surface area contributed by atoms with Gasteiger partial charge in [-0.1, -0.05) is 0 Å². The Morgan fingerprint density at radius 1 is 1.17 bits per heavy atom. The molecular formula is C15H23N3O4S. The monoisotopic (exact) mass is 341 g/mol. The van der Waals surface area contributed by atoms with Gasteiger partial charge in [0.05, 0.1) is 18.6 Å². The Morgan fingerprint density at radius 2 is 1.78 bits per heavy atom. The summed E-state index contributed by atoms with van der Waals surface area (Å²) in [5.41, 5.74) is 0. The summed E-state index contributed by atoms with van der Waals surface area (Å²) in [6.45, 7) is 4.65. The van der Waals surface area contributed by atoms with Gasteiger partial charge in [0.15, 0.2) is 0 Å². The van der Waals surface area contributed by atoms with Gasteiger partial charge in [0.2, 0.25) is 15.9 Å². The van der Waals surface area contributed by atoms with Crippen molar-refractivity contribution in [3.05, 3.63) is 24.3 Å². The van der Waals surface area contributed by atoms with E-state index in [1.54, 1.807) is 24.3 Å². The van der Waals surface area contributed by atoms with E-state index < -0.39 is 10.0 Å². The number of carbonyl (C=O) groups is 1. The maximum atomic E-state index is 12.6. The minimum atomic E-state index is -3.50. The number of likely N-dealkylation sites (N-methyl/N-ethyl adjacent to an activating group) is 1. The van der Waals surface area contributed by atoms with E-state index >= 15 is 0 Å². The summed E-state index contributed by atoms with van der Waals surface area (Å²) in [4.78, 5) is 13.8. The van der Waals surface area contributed by atoms with Crippen LogP contribution in [-0.2, 0) is 14.8 Å². The lowest BCUT2D eigenvalue weighted by Gasteiger charge is -2.33. The Labute approximate surface area is 137 Å². The average molecular weight is 341 g/mol. The molecule has 0 atom stereocenters.